The highest BCUT2D eigenvalue weighted by atomic mass is 16.5. The molecule has 0 bridgehead atoms. The fourth-order valence-corrected chi connectivity index (χ4v) is 2.44. The van der Waals surface area contributed by atoms with Crippen molar-refractivity contribution in [2.24, 2.45) is 4.99 Å². The van der Waals surface area contributed by atoms with Crippen LogP contribution in [0.1, 0.15) is 51.5 Å². The predicted octanol–water partition coefficient (Wildman–Crippen LogP) is 3.89. The van der Waals surface area contributed by atoms with Crippen LogP contribution in [0.2, 0.25) is 0 Å². The lowest BCUT2D eigenvalue weighted by Gasteiger charge is -2.18. The van der Waals surface area contributed by atoms with Gasteiger partial charge >= 0.3 is 6.09 Å². The summed E-state index contributed by atoms with van der Waals surface area (Å²) in [7, 11) is 3.12. The molecule has 1 aromatic rings. The van der Waals surface area contributed by atoms with Crippen molar-refractivity contribution in [3.63, 3.8) is 0 Å². The minimum atomic E-state index is -0.469. The second kappa shape index (κ2) is 12.2. The SMILES string of the molecule is CCCCCCC(C)NC(=NC)NCc1ccc(NC(=O)OC)cc1. The van der Waals surface area contributed by atoms with E-state index in [2.05, 4.69) is 39.5 Å². The van der Waals surface area contributed by atoms with Gasteiger partial charge in [-0.3, -0.25) is 10.3 Å². The number of methoxy groups -OCH3 is 1. The van der Waals surface area contributed by atoms with Gasteiger partial charge in [-0.2, -0.15) is 0 Å². The largest absolute Gasteiger partial charge is 0.453 e. The summed E-state index contributed by atoms with van der Waals surface area (Å²) in [6.45, 7) is 5.08. The molecule has 0 heterocycles. The first-order valence-corrected chi connectivity index (χ1v) is 9.00. The number of carbonyl (C=O) groups excluding carboxylic acids is 1. The number of amides is 1. The number of nitrogens with one attached hydrogen (secondary N) is 3. The molecule has 0 aromatic heterocycles. The summed E-state index contributed by atoms with van der Waals surface area (Å²) in [5, 5.41) is 9.37. The second-order valence-corrected chi connectivity index (χ2v) is 6.13. The maximum atomic E-state index is 11.2. The average molecular weight is 348 g/mol. The van der Waals surface area contributed by atoms with E-state index in [1.807, 2.05) is 24.3 Å². The molecule has 1 unspecified atom stereocenters. The topological polar surface area (TPSA) is 74.8 Å². The van der Waals surface area contributed by atoms with E-state index < -0.39 is 6.09 Å². The summed E-state index contributed by atoms with van der Waals surface area (Å²) < 4.78 is 4.57. The lowest BCUT2D eigenvalue weighted by molar-refractivity contribution is 0.187. The highest BCUT2D eigenvalue weighted by Crippen LogP contribution is 2.10. The van der Waals surface area contributed by atoms with Crippen molar-refractivity contribution in [1.29, 1.82) is 0 Å². The molecular weight excluding hydrogens is 316 g/mol. The first kappa shape index (κ1) is 20.8. The number of anilines is 1. The Labute approximate surface area is 151 Å². The minimum Gasteiger partial charge on any atom is -0.453 e. The zero-order chi connectivity index (χ0) is 18.5. The maximum Gasteiger partial charge on any atom is 0.411 e. The predicted molar refractivity (Wildman–Crippen MR) is 104 cm³/mol. The Kier molecular flexibility index (Phi) is 10.1. The van der Waals surface area contributed by atoms with Crippen LogP contribution in [-0.2, 0) is 11.3 Å². The molecule has 140 valence electrons. The Balaban J connectivity index is 2.37. The monoisotopic (exact) mass is 348 g/mol. The van der Waals surface area contributed by atoms with Crippen LogP contribution in [0.15, 0.2) is 29.3 Å². The van der Waals surface area contributed by atoms with Crippen LogP contribution in [0, 0.1) is 0 Å². The van der Waals surface area contributed by atoms with Crippen LogP contribution >= 0.6 is 0 Å². The number of unbranched alkanes of at least 4 members (excludes halogenated alkanes) is 3. The van der Waals surface area contributed by atoms with Crippen LogP contribution in [-0.4, -0.2) is 32.3 Å². The Hall–Kier alpha value is -2.24. The maximum absolute atomic E-state index is 11.2. The minimum absolute atomic E-state index is 0.398. The van der Waals surface area contributed by atoms with Crippen LogP contribution in [0.25, 0.3) is 0 Å². The third-order valence-electron chi connectivity index (χ3n) is 3.94. The Bertz CT molecular complexity index is 529. The molecule has 0 fully saturated rings. The number of hydrogen-bond donors (Lipinski definition) is 3. The summed E-state index contributed by atoms with van der Waals surface area (Å²) in [5.74, 6) is 0.805. The molecule has 0 aliphatic heterocycles. The molecule has 0 radical (unpaired) electrons. The van der Waals surface area contributed by atoms with Crippen molar-refractivity contribution in [1.82, 2.24) is 10.6 Å². The van der Waals surface area contributed by atoms with Crippen LogP contribution < -0.4 is 16.0 Å². The number of aliphatic imine (C=N–C) groups is 1. The number of nitrogens with zero attached hydrogens (tertiary/aromatic N) is 1. The first-order valence-electron chi connectivity index (χ1n) is 9.00. The molecule has 6 nitrogen and oxygen atoms in total. The molecule has 0 saturated carbocycles. The molecule has 0 spiro atoms. The van der Waals surface area contributed by atoms with E-state index in [-0.39, 0.29) is 0 Å². The highest BCUT2D eigenvalue weighted by Gasteiger charge is 2.05. The molecular formula is C19H32N4O2. The van der Waals surface area contributed by atoms with Crippen molar-refractivity contribution in [2.45, 2.75) is 58.5 Å². The fourth-order valence-electron chi connectivity index (χ4n) is 2.44. The van der Waals surface area contributed by atoms with Gasteiger partial charge in [0.05, 0.1) is 7.11 Å². The van der Waals surface area contributed by atoms with Gasteiger partial charge in [-0.25, -0.2) is 4.79 Å². The van der Waals surface area contributed by atoms with Gasteiger partial charge < -0.3 is 15.4 Å². The Morgan fingerprint density at radius 3 is 2.52 bits per heavy atom. The Morgan fingerprint density at radius 1 is 1.20 bits per heavy atom. The number of rotatable bonds is 9. The van der Waals surface area contributed by atoms with E-state index in [1.165, 1.54) is 32.8 Å². The van der Waals surface area contributed by atoms with Crippen molar-refractivity contribution in [2.75, 3.05) is 19.5 Å². The van der Waals surface area contributed by atoms with Gasteiger partial charge in [0.2, 0.25) is 0 Å². The van der Waals surface area contributed by atoms with E-state index in [0.717, 1.165) is 17.9 Å². The van der Waals surface area contributed by atoms with Gasteiger partial charge in [0.1, 0.15) is 0 Å². The molecule has 0 saturated heterocycles. The van der Waals surface area contributed by atoms with E-state index >= 15 is 0 Å². The van der Waals surface area contributed by atoms with Gasteiger partial charge in [0.25, 0.3) is 0 Å². The molecule has 1 amide bonds. The van der Waals surface area contributed by atoms with E-state index in [9.17, 15) is 4.79 Å². The summed E-state index contributed by atoms with van der Waals surface area (Å²) >= 11 is 0. The smallest absolute Gasteiger partial charge is 0.411 e. The van der Waals surface area contributed by atoms with Crippen LogP contribution in [0.4, 0.5) is 10.5 Å². The lowest BCUT2D eigenvalue weighted by atomic mass is 10.1. The van der Waals surface area contributed by atoms with Gasteiger partial charge in [0.15, 0.2) is 5.96 Å². The number of benzene rings is 1. The number of ether oxygens (including phenoxy) is 1. The normalized spacial score (nSPS) is 12.4. The standard InChI is InChI=1S/C19H32N4O2/c1-5-6-7-8-9-15(2)22-18(20-3)21-14-16-10-12-17(13-11-16)23-19(24)25-4/h10-13,15H,5-9,14H2,1-4H3,(H,23,24)(H2,20,21,22). The summed E-state index contributed by atoms with van der Waals surface area (Å²) in [6, 6.07) is 8.01. The Morgan fingerprint density at radius 2 is 1.92 bits per heavy atom. The van der Waals surface area contributed by atoms with Gasteiger partial charge in [-0.15, -0.1) is 0 Å². The van der Waals surface area contributed by atoms with Crippen LogP contribution in [0.3, 0.4) is 0 Å². The van der Waals surface area contributed by atoms with Gasteiger partial charge in [-0.05, 0) is 31.0 Å². The van der Waals surface area contributed by atoms with Crippen molar-refractivity contribution in [3.05, 3.63) is 29.8 Å². The fraction of sp³-hybridized carbons (Fsp3) is 0.579. The molecule has 3 N–H and O–H groups in total. The molecule has 6 heteroatoms. The van der Waals surface area contributed by atoms with E-state index in [4.69, 9.17) is 0 Å². The number of hydrogen-bond acceptors (Lipinski definition) is 3. The highest BCUT2D eigenvalue weighted by molar-refractivity contribution is 5.84. The van der Waals surface area contributed by atoms with Crippen LogP contribution in [0.5, 0.6) is 0 Å². The summed E-state index contributed by atoms with van der Waals surface area (Å²) in [6.07, 6.45) is 5.78. The molecule has 0 aliphatic rings. The zero-order valence-electron chi connectivity index (χ0n) is 15.9. The quantitative estimate of drug-likeness (QED) is 0.359. The second-order valence-electron chi connectivity index (χ2n) is 6.13. The number of guanidine groups is 1. The third-order valence-corrected chi connectivity index (χ3v) is 3.94. The summed E-state index contributed by atoms with van der Waals surface area (Å²) in [5.41, 5.74) is 1.81. The zero-order valence-corrected chi connectivity index (χ0v) is 15.9. The van der Waals surface area contributed by atoms with Gasteiger partial charge in [0, 0.05) is 25.3 Å². The molecule has 0 aliphatic carbocycles. The number of carbonyl (C=O) groups is 1. The first-order chi connectivity index (χ1) is 12.1. The van der Waals surface area contributed by atoms with E-state index in [1.54, 1.807) is 7.05 Å². The third kappa shape index (κ3) is 8.98. The lowest BCUT2D eigenvalue weighted by Crippen LogP contribution is -2.41. The summed E-state index contributed by atoms with van der Waals surface area (Å²) in [4.78, 5) is 15.4. The molecule has 1 aromatic carbocycles. The van der Waals surface area contributed by atoms with E-state index in [0.29, 0.717) is 18.3 Å². The van der Waals surface area contributed by atoms with Crippen molar-refractivity contribution < 1.29 is 9.53 Å². The van der Waals surface area contributed by atoms with Gasteiger partial charge in [-0.1, -0.05) is 44.7 Å². The molecule has 1 atom stereocenters. The molecule has 1 rings (SSSR count). The van der Waals surface area contributed by atoms with Crippen molar-refractivity contribution in [3.8, 4) is 0 Å². The average Bonchev–Trinajstić information content (AvgIpc) is 2.63. The van der Waals surface area contributed by atoms with Crippen molar-refractivity contribution >= 4 is 17.7 Å². The molecule has 25 heavy (non-hydrogen) atoms.